The molecule has 0 saturated carbocycles. The molecule has 0 aliphatic carbocycles. The standard InChI is InChI=1S/C37H44FN5O8/c1-3-4-20-50-37(49)42-18-16-41(17-19-42)36(48)28(13-14-34(45)46)40-35(47)30-22-32(27-12-7-24(2)21-29(27)39-30)51-23-33(44)43-15-5-6-31(43)25-8-10-26(38)11-9-25/h7-12,21-22,28,31H,3-6,13-20,23H2,1-2H3,(H,40,47)(H,45,46)/t28-,31?/m0/s1. The first kappa shape index (κ1) is 37.0. The quantitative estimate of drug-likeness (QED) is 0.245. The van der Waals surface area contributed by atoms with E-state index in [1.165, 1.54) is 28.0 Å². The number of likely N-dealkylation sites (tertiary alicyclic amines) is 1. The van der Waals surface area contributed by atoms with E-state index in [2.05, 4.69) is 10.3 Å². The number of pyridine rings is 1. The average Bonchev–Trinajstić information content (AvgIpc) is 3.62. The van der Waals surface area contributed by atoms with Gasteiger partial charge in [-0.2, -0.15) is 0 Å². The predicted octanol–water partition coefficient (Wildman–Crippen LogP) is 4.47. The number of hydrogen-bond donors (Lipinski definition) is 2. The maximum absolute atomic E-state index is 13.7. The van der Waals surface area contributed by atoms with Crippen LogP contribution in [0, 0.1) is 12.7 Å². The van der Waals surface area contributed by atoms with Crippen molar-refractivity contribution in [2.45, 2.75) is 64.5 Å². The predicted molar refractivity (Wildman–Crippen MR) is 185 cm³/mol. The minimum Gasteiger partial charge on any atom is -0.483 e. The number of rotatable bonds is 13. The van der Waals surface area contributed by atoms with Gasteiger partial charge in [-0.25, -0.2) is 14.2 Å². The molecule has 2 fully saturated rings. The molecule has 4 amide bonds. The van der Waals surface area contributed by atoms with Crippen LogP contribution in [-0.2, 0) is 19.1 Å². The summed E-state index contributed by atoms with van der Waals surface area (Å²) in [6, 6.07) is 11.5. The summed E-state index contributed by atoms with van der Waals surface area (Å²) in [6.45, 7) is 5.26. The fraction of sp³-hybridized carbons (Fsp3) is 0.459. The van der Waals surface area contributed by atoms with E-state index in [1.807, 2.05) is 19.9 Å². The summed E-state index contributed by atoms with van der Waals surface area (Å²) in [5.74, 6) is -2.68. The first-order chi connectivity index (χ1) is 24.5. The van der Waals surface area contributed by atoms with Crippen LogP contribution < -0.4 is 10.1 Å². The molecule has 51 heavy (non-hydrogen) atoms. The van der Waals surface area contributed by atoms with Crippen molar-refractivity contribution in [1.82, 2.24) is 25.0 Å². The van der Waals surface area contributed by atoms with Crippen molar-refractivity contribution in [1.29, 1.82) is 0 Å². The summed E-state index contributed by atoms with van der Waals surface area (Å²) in [7, 11) is 0. The zero-order valence-corrected chi connectivity index (χ0v) is 28.9. The van der Waals surface area contributed by atoms with Gasteiger partial charge in [-0.15, -0.1) is 0 Å². The Balaban J connectivity index is 1.29. The molecule has 272 valence electrons. The number of aryl methyl sites for hydroxylation is 1. The summed E-state index contributed by atoms with van der Waals surface area (Å²) in [6.07, 6.45) is 2.20. The fourth-order valence-corrected chi connectivity index (χ4v) is 6.34. The van der Waals surface area contributed by atoms with Crippen LogP contribution >= 0.6 is 0 Å². The number of hydrogen-bond acceptors (Lipinski definition) is 8. The Hall–Kier alpha value is -5.27. The van der Waals surface area contributed by atoms with E-state index >= 15 is 0 Å². The van der Waals surface area contributed by atoms with Crippen LogP contribution in [0.15, 0.2) is 48.5 Å². The molecule has 2 saturated heterocycles. The number of halogens is 1. The topological polar surface area (TPSA) is 159 Å². The van der Waals surface area contributed by atoms with E-state index in [0.29, 0.717) is 24.1 Å². The van der Waals surface area contributed by atoms with E-state index in [0.717, 1.165) is 36.8 Å². The van der Waals surface area contributed by atoms with Crippen molar-refractivity contribution < 1.29 is 42.9 Å². The van der Waals surface area contributed by atoms with E-state index in [9.17, 15) is 33.5 Å². The van der Waals surface area contributed by atoms with Gasteiger partial charge < -0.3 is 34.6 Å². The second-order valence-corrected chi connectivity index (χ2v) is 12.9. The van der Waals surface area contributed by atoms with Crippen molar-refractivity contribution in [2.75, 3.05) is 45.9 Å². The maximum atomic E-state index is 13.7. The highest BCUT2D eigenvalue weighted by Gasteiger charge is 2.32. The lowest BCUT2D eigenvalue weighted by molar-refractivity contribution is -0.138. The monoisotopic (exact) mass is 705 g/mol. The smallest absolute Gasteiger partial charge is 0.409 e. The molecule has 2 aromatic carbocycles. The zero-order chi connectivity index (χ0) is 36.5. The summed E-state index contributed by atoms with van der Waals surface area (Å²) >= 11 is 0. The Labute approximate surface area is 295 Å². The van der Waals surface area contributed by atoms with Crippen molar-refractivity contribution in [3.05, 3.63) is 71.2 Å². The number of nitrogens with zero attached hydrogens (tertiary/aromatic N) is 4. The largest absolute Gasteiger partial charge is 0.483 e. The number of aromatic nitrogens is 1. The number of fused-ring (bicyclic) bond motifs is 1. The summed E-state index contributed by atoms with van der Waals surface area (Å²) in [4.78, 5) is 73.8. The maximum Gasteiger partial charge on any atom is 0.409 e. The summed E-state index contributed by atoms with van der Waals surface area (Å²) < 4.78 is 24.9. The number of amides is 4. The number of benzene rings is 2. The molecule has 2 aliphatic rings. The molecule has 2 N–H and O–H groups in total. The molecule has 0 bridgehead atoms. The molecule has 2 aliphatic heterocycles. The number of aliphatic carboxylic acids is 1. The molecule has 0 radical (unpaired) electrons. The van der Waals surface area contributed by atoms with Gasteiger partial charge in [-0.1, -0.05) is 31.5 Å². The molecular weight excluding hydrogens is 661 g/mol. The molecule has 1 unspecified atom stereocenters. The molecule has 13 nitrogen and oxygen atoms in total. The number of nitrogens with one attached hydrogen (secondary N) is 1. The highest BCUT2D eigenvalue weighted by molar-refractivity contribution is 5.99. The van der Waals surface area contributed by atoms with E-state index < -0.39 is 29.9 Å². The van der Waals surface area contributed by atoms with E-state index in [-0.39, 0.29) is 74.8 Å². The number of carboxylic acids is 1. The number of carbonyl (C=O) groups excluding carboxylic acids is 4. The lowest BCUT2D eigenvalue weighted by Crippen LogP contribution is -2.56. The summed E-state index contributed by atoms with van der Waals surface area (Å²) in [5.41, 5.74) is 2.07. The minimum atomic E-state index is -1.17. The Kier molecular flexibility index (Phi) is 12.4. The number of unbranched alkanes of at least 4 members (excludes halogenated alkanes) is 1. The molecular formula is C37H44FN5O8. The van der Waals surface area contributed by atoms with Crippen molar-refractivity contribution in [3.8, 4) is 5.75 Å². The van der Waals surface area contributed by atoms with Crippen LogP contribution in [-0.4, -0.2) is 107 Å². The van der Waals surface area contributed by atoms with Gasteiger partial charge in [-0.3, -0.25) is 19.2 Å². The third-order valence-electron chi connectivity index (χ3n) is 9.16. The van der Waals surface area contributed by atoms with Gasteiger partial charge in [0.05, 0.1) is 18.2 Å². The lowest BCUT2D eigenvalue weighted by Gasteiger charge is -2.36. The normalized spacial score (nSPS) is 16.5. The van der Waals surface area contributed by atoms with Gasteiger partial charge in [0, 0.05) is 50.6 Å². The Morgan fingerprint density at radius 1 is 1.00 bits per heavy atom. The second kappa shape index (κ2) is 17.1. The average molecular weight is 706 g/mol. The minimum absolute atomic E-state index is 0.0753. The van der Waals surface area contributed by atoms with Crippen LogP contribution in [0.25, 0.3) is 10.9 Å². The Bertz CT molecular complexity index is 1740. The zero-order valence-electron chi connectivity index (χ0n) is 28.9. The van der Waals surface area contributed by atoms with E-state index in [4.69, 9.17) is 9.47 Å². The number of piperazine rings is 1. The molecule has 1 aromatic heterocycles. The van der Waals surface area contributed by atoms with Crippen molar-refractivity contribution in [3.63, 3.8) is 0 Å². The van der Waals surface area contributed by atoms with Gasteiger partial charge in [0.25, 0.3) is 11.8 Å². The van der Waals surface area contributed by atoms with Crippen LogP contribution in [0.3, 0.4) is 0 Å². The molecule has 3 aromatic rings. The van der Waals surface area contributed by atoms with Crippen LogP contribution in [0.5, 0.6) is 5.75 Å². The molecule has 5 rings (SSSR count). The van der Waals surface area contributed by atoms with Gasteiger partial charge >= 0.3 is 12.1 Å². The van der Waals surface area contributed by atoms with Gasteiger partial charge in [0.2, 0.25) is 5.91 Å². The third kappa shape index (κ3) is 9.50. The first-order valence-electron chi connectivity index (χ1n) is 17.4. The SMILES string of the molecule is CCCCOC(=O)N1CCN(C(=O)[C@H](CCC(=O)O)NC(=O)c2cc(OCC(=O)N3CCCC3c3ccc(F)cc3)c3ccc(C)cc3n2)CC1. The lowest BCUT2D eigenvalue weighted by atomic mass is 10.0. The summed E-state index contributed by atoms with van der Waals surface area (Å²) in [5, 5.41) is 12.6. The van der Waals surface area contributed by atoms with Gasteiger partial charge in [0.15, 0.2) is 6.61 Å². The highest BCUT2D eigenvalue weighted by Crippen LogP contribution is 2.33. The Morgan fingerprint density at radius 3 is 2.43 bits per heavy atom. The van der Waals surface area contributed by atoms with Crippen LogP contribution in [0.1, 0.15) is 73.1 Å². The van der Waals surface area contributed by atoms with Crippen LogP contribution in [0.4, 0.5) is 9.18 Å². The van der Waals surface area contributed by atoms with Crippen LogP contribution in [0.2, 0.25) is 0 Å². The first-order valence-corrected chi connectivity index (χ1v) is 17.4. The highest BCUT2D eigenvalue weighted by atomic mass is 19.1. The molecule has 3 heterocycles. The number of carboxylic acid groups (broad SMARTS) is 1. The Morgan fingerprint density at radius 2 is 1.73 bits per heavy atom. The number of carbonyl (C=O) groups is 5. The van der Waals surface area contributed by atoms with Crippen molar-refractivity contribution >= 4 is 40.7 Å². The van der Waals surface area contributed by atoms with E-state index in [1.54, 1.807) is 29.2 Å². The third-order valence-corrected chi connectivity index (χ3v) is 9.16. The van der Waals surface area contributed by atoms with Crippen molar-refractivity contribution in [2.24, 2.45) is 0 Å². The fourth-order valence-electron chi connectivity index (χ4n) is 6.34. The number of ether oxygens (including phenoxy) is 2. The molecule has 2 atom stereocenters. The van der Waals surface area contributed by atoms with Gasteiger partial charge in [-0.05, 0) is 68.0 Å². The second-order valence-electron chi connectivity index (χ2n) is 12.9. The molecule has 14 heteroatoms. The molecule has 0 spiro atoms. The van der Waals surface area contributed by atoms with Gasteiger partial charge in [0.1, 0.15) is 23.3 Å².